The van der Waals surface area contributed by atoms with Gasteiger partial charge in [0.2, 0.25) is 0 Å². The number of fused-ring (bicyclic) bond motifs is 2. The number of benzene rings is 1. The Labute approximate surface area is 146 Å². The molecule has 0 unspecified atom stereocenters. The number of hydrogen-bond donors (Lipinski definition) is 1. The number of rotatable bonds is 5. The summed E-state index contributed by atoms with van der Waals surface area (Å²) in [5, 5.41) is 5.85. The van der Waals surface area contributed by atoms with Gasteiger partial charge in [0.1, 0.15) is 12.4 Å². The molecule has 0 bridgehead atoms. The Kier molecular flexibility index (Phi) is 3.52. The summed E-state index contributed by atoms with van der Waals surface area (Å²) in [5.74, 6) is 1.58. The zero-order chi connectivity index (χ0) is 16.0. The lowest BCUT2D eigenvalue weighted by molar-refractivity contribution is -0.158. The highest BCUT2D eigenvalue weighted by atomic mass is 32.1. The van der Waals surface area contributed by atoms with Gasteiger partial charge in [0.25, 0.3) is 0 Å². The number of para-hydroxylation sites is 2. The Balaban J connectivity index is 1.34. The molecular weight excluding hydrogens is 320 g/mol. The molecule has 1 saturated heterocycles. The fraction of sp³-hybridized carbons (Fsp3) is 0.526. The number of nitrogens with zero attached hydrogens (tertiary/aromatic N) is 1. The van der Waals surface area contributed by atoms with Gasteiger partial charge in [-0.3, -0.25) is 0 Å². The van der Waals surface area contributed by atoms with E-state index in [9.17, 15) is 0 Å². The quantitative estimate of drug-likeness (QED) is 0.889. The SMILES string of the molecule is c1ccc(OCc2cscn2)c(N[C@@H]2[C@H]3CCO[C@@H]3C23CCC3)c1. The van der Waals surface area contributed by atoms with Crippen molar-refractivity contribution in [2.75, 3.05) is 11.9 Å². The van der Waals surface area contributed by atoms with Crippen LogP contribution >= 0.6 is 11.3 Å². The molecule has 4 nitrogen and oxygen atoms in total. The van der Waals surface area contributed by atoms with Crippen molar-refractivity contribution in [3.05, 3.63) is 40.8 Å². The number of ether oxygens (including phenoxy) is 2. The van der Waals surface area contributed by atoms with Crippen LogP contribution in [0.4, 0.5) is 5.69 Å². The molecule has 3 atom stereocenters. The van der Waals surface area contributed by atoms with E-state index in [2.05, 4.69) is 22.4 Å². The summed E-state index contributed by atoms with van der Waals surface area (Å²) >= 11 is 1.60. The molecule has 5 heteroatoms. The first kappa shape index (κ1) is 14.7. The second kappa shape index (κ2) is 5.74. The zero-order valence-corrected chi connectivity index (χ0v) is 14.4. The molecule has 1 aromatic heterocycles. The van der Waals surface area contributed by atoms with Crippen molar-refractivity contribution >= 4 is 17.0 Å². The second-order valence-electron chi connectivity index (χ2n) is 7.22. The molecule has 1 aromatic carbocycles. The first-order chi connectivity index (χ1) is 11.9. The molecule has 126 valence electrons. The molecule has 1 aliphatic heterocycles. The van der Waals surface area contributed by atoms with Crippen LogP contribution < -0.4 is 10.1 Å². The van der Waals surface area contributed by atoms with Crippen molar-refractivity contribution in [3.8, 4) is 5.75 Å². The lowest BCUT2D eigenvalue weighted by atomic mass is 9.46. The Morgan fingerprint density at radius 3 is 3.04 bits per heavy atom. The molecule has 0 radical (unpaired) electrons. The van der Waals surface area contributed by atoms with E-state index in [1.807, 2.05) is 23.0 Å². The summed E-state index contributed by atoms with van der Waals surface area (Å²) in [6, 6.07) is 8.81. The van der Waals surface area contributed by atoms with E-state index in [0.29, 0.717) is 30.1 Å². The lowest BCUT2D eigenvalue weighted by Crippen LogP contribution is -2.68. The summed E-state index contributed by atoms with van der Waals surface area (Å²) < 4.78 is 12.1. The summed E-state index contributed by atoms with van der Waals surface area (Å²) in [5.41, 5.74) is 4.31. The number of anilines is 1. The number of thiazole rings is 1. The summed E-state index contributed by atoms with van der Waals surface area (Å²) in [6.07, 6.45) is 5.62. The highest BCUT2D eigenvalue weighted by molar-refractivity contribution is 7.07. The van der Waals surface area contributed by atoms with Gasteiger partial charge >= 0.3 is 0 Å². The van der Waals surface area contributed by atoms with Gasteiger partial charge in [-0.25, -0.2) is 4.98 Å². The third-order valence-electron chi connectivity index (χ3n) is 6.09. The van der Waals surface area contributed by atoms with Crippen molar-refractivity contribution in [3.63, 3.8) is 0 Å². The van der Waals surface area contributed by atoms with Gasteiger partial charge in [0.05, 0.1) is 23.0 Å². The molecule has 24 heavy (non-hydrogen) atoms. The molecule has 1 N–H and O–H groups in total. The van der Waals surface area contributed by atoms with Crippen LogP contribution in [0, 0.1) is 11.3 Å². The van der Waals surface area contributed by atoms with E-state index in [1.54, 1.807) is 11.3 Å². The van der Waals surface area contributed by atoms with E-state index in [0.717, 1.165) is 23.7 Å². The molecule has 3 aliphatic rings. The van der Waals surface area contributed by atoms with Gasteiger partial charge in [-0.05, 0) is 31.4 Å². The predicted molar refractivity (Wildman–Crippen MR) is 94.4 cm³/mol. The molecule has 2 heterocycles. The fourth-order valence-electron chi connectivity index (χ4n) is 4.80. The maximum Gasteiger partial charge on any atom is 0.142 e. The standard InChI is InChI=1S/C19H22N2O2S/c1-2-5-16(23-10-13-11-24-12-20-13)15(4-1)21-17-14-6-9-22-18(14)19(17)7-3-8-19/h1-2,4-5,11-12,14,17-18,21H,3,6-10H2/t14-,17-,18+/m1/s1. The van der Waals surface area contributed by atoms with Crippen LogP contribution in [0.15, 0.2) is 35.2 Å². The minimum atomic E-state index is 0.378. The van der Waals surface area contributed by atoms with E-state index < -0.39 is 0 Å². The monoisotopic (exact) mass is 342 g/mol. The molecule has 0 amide bonds. The molecule has 5 rings (SSSR count). The Hall–Kier alpha value is -1.59. The van der Waals surface area contributed by atoms with E-state index >= 15 is 0 Å². The van der Waals surface area contributed by atoms with E-state index in [1.165, 1.54) is 25.7 Å². The van der Waals surface area contributed by atoms with Gasteiger partial charge in [-0.15, -0.1) is 11.3 Å². The number of aromatic nitrogens is 1. The molecule has 1 spiro atoms. The van der Waals surface area contributed by atoms with Crippen LogP contribution in [0.1, 0.15) is 31.4 Å². The average molecular weight is 342 g/mol. The second-order valence-corrected chi connectivity index (χ2v) is 7.94. The highest BCUT2D eigenvalue weighted by Crippen LogP contribution is 2.63. The van der Waals surface area contributed by atoms with Crippen molar-refractivity contribution in [2.24, 2.45) is 11.3 Å². The van der Waals surface area contributed by atoms with Crippen molar-refractivity contribution in [2.45, 2.75) is 44.4 Å². The van der Waals surface area contributed by atoms with Crippen molar-refractivity contribution in [1.29, 1.82) is 0 Å². The van der Waals surface area contributed by atoms with Crippen LogP contribution in [0.2, 0.25) is 0 Å². The molecule has 2 aromatic rings. The summed E-state index contributed by atoms with van der Waals surface area (Å²) in [6.45, 7) is 1.45. The third kappa shape index (κ3) is 2.18. The van der Waals surface area contributed by atoms with Crippen LogP contribution in [0.3, 0.4) is 0 Å². The summed E-state index contributed by atoms with van der Waals surface area (Å²) in [7, 11) is 0. The van der Waals surface area contributed by atoms with Crippen molar-refractivity contribution < 1.29 is 9.47 Å². The molecular formula is C19H22N2O2S. The fourth-order valence-corrected chi connectivity index (χ4v) is 5.34. The average Bonchev–Trinajstić information content (AvgIpc) is 3.20. The normalized spacial score (nSPS) is 29.6. The first-order valence-electron chi connectivity index (χ1n) is 8.84. The largest absolute Gasteiger partial charge is 0.485 e. The maximum atomic E-state index is 6.03. The number of nitrogens with one attached hydrogen (secondary N) is 1. The molecule has 2 saturated carbocycles. The highest BCUT2D eigenvalue weighted by Gasteiger charge is 2.66. The number of hydrogen-bond acceptors (Lipinski definition) is 5. The van der Waals surface area contributed by atoms with Gasteiger partial charge in [-0.2, -0.15) is 0 Å². The maximum absolute atomic E-state index is 6.03. The molecule has 3 fully saturated rings. The minimum absolute atomic E-state index is 0.378. The first-order valence-corrected chi connectivity index (χ1v) is 9.78. The lowest BCUT2D eigenvalue weighted by Gasteiger charge is -2.63. The van der Waals surface area contributed by atoms with Crippen LogP contribution in [0.25, 0.3) is 0 Å². The third-order valence-corrected chi connectivity index (χ3v) is 6.73. The Morgan fingerprint density at radius 1 is 1.33 bits per heavy atom. The van der Waals surface area contributed by atoms with Crippen LogP contribution in [0.5, 0.6) is 5.75 Å². The minimum Gasteiger partial charge on any atom is -0.485 e. The van der Waals surface area contributed by atoms with Crippen molar-refractivity contribution in [1.82, 2.24) is 4.98 Å². The van der Waals surface area contributed by atoms with Gasteiger partial charge < -0.3 is 14.8 Å². The van der Waals surface area contributed by atoms with E-state index in [-0.39, 0.29) is 0 Å². The summed E-state index contributed by atoms with van der Waals surface area (Å²) in [4.78, 5) is 4.29. The predicted octanol–water partition coefficient (Wildman–Crippen LogP) is 4.09. The van der Waals surface area contributed by atoms with Gasteiger partial charge in [-0.1, -0.05) is 18.6 Å². The molecule has 2 aliphatic carbocycles. The van der Waals surface area contributed by atoms with Crippen LogP contribution in [-0.4, -0.2) is 23.7 Å². The Morgan fingerprint density at radius 2 is 2.25 bits per heavy atom. The van der Waals surface area contributed by atoms with Crippen LogP contribution in [-0.2, 0) is 11.3 Å². The Bertz CT molecular complexity index is 714. The van der Waals surface area contributed by atoms with Gasteiger partial charge in [0.15, 0.2) is 0 Å². The zero-order valence-electron chi connectivity index (χ0n) is 13.6. The topological polar surface area (TPSA) is 43.4 Å². The smallest absolute Gasteiger partial charge is 0.142 e. The van der Waals surface area contributed by atoms with Gasteiger partial charge in [0, 0.05) is 29.4 Å². The van der Waals surface area contributed by atoms with E-state index in [4.69, 9.17) is 9.47 Å².